The first-order chi connectivity index (χ1) is 10.6. The number of hydrogen-bond acceptors (Lipinski definition) is 4. The minimum atomic E-state index is -0.302. The lowest BCUT2D eigenvalue weighted by Crippen LogP contribution is -2.20. The second-order valence-electron chi connectivity index (χ2n) is 4.76. The number of carbonyl (C=O) groups excluding carboxylic acids is 1. The lowest BCUT2D eigenvalue weighted by Gasteiger charge is -2.08. The van der Waals surface area contributed by atoms with Crippen LogP contribution in [-0.4, -0.2) is 23.2 Å². The number of benzene rings is 1. The van der Waals surface area contributed by atoms with E-state index in [4.69, 9.17) is 4.74 Å². The summed E-state index contributed by atoms with van der Waals surface area (Å²) in [6.45, 7) is 6.12. The fourth-order valence-electron chi connectivity index (χ4n) is 1.88. The maximum absolute atomic E-state index is 12.2. The van der Waals surface area contributed by atoms with Gasteiger partial charge in [0.2, 0.25) is 0 Å². The van der Waals surface area contributed by atoms with Crippen LogP contribution in [0.5, 0.6) is 5.75 Å². The number of hydrogen-bond donors (Lipinski definition) is 1. The number of nitrogens with one attached hydrogen (secondary N) is 1. The molecule has 0 saturated carbocycles. The topological polar surface area (TPSA) is 63.6 Å². The first kappa shape index (κ1) is 15.7. The molecular formula is C17H19N3O2. The Hall–Kier alpha value is -2.69. The Kier molecular flexibility index (Phi) is 5.25. The van der Waals surface area contributed by atoms with Crippen molar-refractivity contribution in [1.82, 2.24) is 10.4 Å². The van der Waals surface area contributed by atoms with Crippen molar-refractivity contribution in [2.24, 2.45) is 5.10 Å². The molecule has 1 heterocycles. The average Bonchev–Trinajstić information content (AvgIpc) is 2.54. The second kappa shape index (κ2) is 7.36. The standard InChI is InChI=1S/C17H19N3O2/c1-4-22-16-8-6-5-7-15(16)17(21)20-19-13(3)14-10-9-12(2)18-11-14/h5-11H,4H2,1-3H3,(H,20,21). The summed E-state index contributed by atoms with van der Waals surface area (Å²) < 4.78 is 5.44. The quantitative estimate of drug-likeness (QED) is 0.681. The number of pyridine rings is 1. The number of para-hydroxylation sites is 1. The van der Waals surface area contributed by atoms with Crippen LogP contribution in [0.2, 0.25) is 0 Å². The highest BCUT2D eigenvalue weighted by molar-refractivity contribution is 6.01. The van der Waals surface area contributed by atoms with Crippen molar-refractivity contribution >= 4 is 11.6 Å². The van der Waals surface area contributed by atoms with Crippen molar-refractivity contribution in [2.75, 3.05) is 6.61 Å². The van der Waals surface area contributed by atoms with Crippen molar-refractivity contribution in [1.29, 1.82) is 0 Å². The van der Waals surface area contributed by atoms with Gasteiger partial charge >= 0.3 is 0 Å². The zero-order valence-electron chi connectivity index (χ0n) is 13.0. The minimum Gasteiger partial charge on any atom is -0.493 e. The number of aryl methyl sites for hydroxylation is 1. The Morgan fingerprint density at radius 3 is 2.73 bits per heavy atom. The van der Waals surface area contributed by atoms with E-state index >= 15 is 0 Å². The Bertz CT molecular complexity index is 679. The molecule has 0 aliphatic heterocycles. The first-order valence-electron chi connectivity index (χ1n) is 7.11. The fraction of sp³-hybridized carbons (Fsp3) is 0.235. The highest BCUT2D eigenvalue weighted by Crippen LogP contribution is 2.17. The maximum atomic E-state index is 12.2. The summed E-state index contributed by atoms with van der Waals surface area (Å²) >= 11 is 0. The molecule has 5 heteroatoms. The van der Waals surface area contributed by atoms with Crippen molar-refractivity contribution in [3.8, 4) is 5.75 Å². The molecule has 0 radical (unpaired) electrons. The predicted octanol–water partition coefficient (Wildman–Crippen LogP) is 2.94. The highest BCUT2D eigenvalue weighted by Gasteiger charge is 2.11. The van der Waals surface area contributed by atoms with Gasteiger partial charge in [0.15, 0.2) is 0 Å². The van der Waals surface area contributed by atoms with Crippen LogP contribution in [0, 0.1) is 6.92 Å². The van der Waals surface area contributed by atoms with E-state index in [0.29, 0.717) is 23.6 Å². The third-order valence-electron chi connectivity index (χ3n) is 3.09. The Morgan fingerprint density at radius 1 is 1.27 bits per heavy atom. The van der Waals surface area contributed by atoms with E-state index < -0.39 is 0 Å². The summed E-state index contributed by atoms with van der Waals surface area (Å²) in [4.78, 5) is 16.4. The van der Waals surface area contributed by atoms with Crippen LogP contribution in [0.1, 0.15) is 35.5 Å². The SMILES string of the molecule is CCOc1ccccc1C(=O)NN=C(C)c1ccc(C)nc1. The van der Waals surface area contributed by atoms with E-state index in [1.54, 1.807) is 24.4 Å². The monoisotopic (exact) mass is 297 g/mol. The van der Waals surface area contributed by atoms with Crippen LogP contribution in [-0.2, 0) is 0 Å². The van der Waals surface area contributed by atoms with Gasteiger partial charge in [-0.15, -0.1) is 0 Å². The number of nitrogens with zero attached hydrogens (tertiary/aromatic N) is 2. The smallest absolute Gasteiger partial charge is 0.275 e. The molecule has 22 heavy (non-hydrogen) atoms. The van der Waals surface area contributed by atoms with Crippen LogP contribution < -0.4 is 10.2 Å². The molecule has 1 N–H and O–H groups in total. The molecule has 0 spiro atoms. The van der Waals surface area contributed by atoms with Crippen LogP contribution in [0.3, 0.4) is 0 Å². The number of rotatable bonds is 5. The Labute approximate surface area is 130 Å². The number of carbonyl (C=O) groups is 1. The summed E-state index contributed by atoms with van der Waals surface area (Å²) in [6, 6.07) is 10.9. The predicted molar refractivity (Wildman–Crippen MR) is 86.3 cm³/mol. The van der Waals surface area contributed by atoms with Crippen molar-refractivity contribution in [3.63, 3.8) is 0 Å². The zero-order valence-corrected chi connectivity index (χ0v) is 13.0. The van der Waals surface area contributed by atoms with Gasteiger partial charge in [-0.25, -0.2) is 5.43 Å². The Balaban J connectivity index is 2.12. The summed E-state index contributed by atoms with van der Waals surface area (Å²) in [5, 5.41) is 4.12. The number of aromatic nitrogens is 1. The molecule has 1 amide bonds. The molecule has 2 aromatic rings. The van der Waals surface area contributed by atoms with Gasteiger partial charge in [0.25, 0.3) is 5.91 Å². The van der Waals surface area contributed by atoms with Gasteiger partial charge < -0.3 is 4.74 Å². The molecule has 0 atom stereocenters. The molecule has 0 bridgehead atoms. The molecule has 114 valence electrons. The summed E-state index contributed by atoms with van der Waals surface area (Å²) in [6.07, 6.45) is 1.73. The van der Waals surface area contributed by atoms with Gasteiger partial charge in [0.05, 0.1) is 17.9 Å². The normalized spacial score (nSPS) is 11.1. The molecular weight excluding hydrogens is 278 g/mol. The molecule has 0 saturated heterocycles. The molecule has 2 rings (SSSR count). The minimum absolute atomic E-state index is 0.302. The fourth-order valence-corrected chi connectivity index (χ4v) is 1.88. The Morgan fingerprint density at radius 2 is 2.05 bits per heavy atom. The maximum Gasteiger partial charge on any atom is 0.275 e. The largest absolute Gasteiger partial charge is 0.493 e. The lowest BCUT2D eigenvalue weighted by molar-refractivity contribution is 0.0951. The van der Waals surface area contributed by atoms with Gasteiger partial charge in [-0.05, 0) is 45.0 Å². The molecule has 0 aliphatic rings. The lowest BCUT2D eigenvalue weighted by atomic mass is 10.2. The number of ether oxygens (including phenoxy) is 1. The van der Waals surface area contributed by atoms with Gasteiger partial charge in [0, 0.05) is 17.5 Å². The van der Waals surface area contributed by atoms with E-state index in [1.807, 2.05) is 39.0 Å². The molecule has 0 fully saturated rings. The van der Waals surface area contributed by atoms with Crippen molar-refractivity contribution in [3.05, 3.63) is 59.4 Å². The number of amides is 1. The van der Waals surface area contributed by atoms with Crippen LogP contribution >= 0.6 is 0 Å². The summed E-state index contributed by atoms with van der Waals surface area (Å²) in [5.74, 6) is 0.246. The van der Waals surface area contributed by atoms with E-state index in [0.717, 1.165) is 11.3 Å². The average molecular weight is 297 g/mol. The molecule has 5 nitrogen and oxygen atoms in total. The third kappa shape index (κ3) is 3.91. The van der Waals surface area contributed by atoms with Gasteiger partial charge in [-0.1, -0.05) is 12.1 Å². The van der Waals surface area contributed by atoms with Crippen molar-refractivity contribution < 1.29 is 9.53 Å². The van der Waals surface area contributed by atoms with E-state index in [-0.39, 0.29) is 5.91 Å². The van der Waals surface area contributed by atoms with Crippen LogP contribution in [0.15, 0.2) is 47.7 Å². The highest BCUT2D eigenvalue weighted by atomic mass is 16.5. The van der Waals surface area contributed by atoms with E-state index in [9.17, 15) is 4.79 Å². The molecule has 1 aromatic carbocycles. The first-order valence-corrected chi connectivity index (χ1v) is 7.11. The van der Waals surface area contributed by atoms with Crippen LogP contribution in [0.4, 0.5) is 0 Å². The van der Waals surface area contributed by atoms with E-state index in [2.05, 4.69) is 15.5 Å². The van der Waals surface area contributed by atoms with Crippen molar-refractivity contribution in [2.45, 2.75) is 20.8 Å². The number of hydrazone groups is 1. The van der Waals surface area contributed by atoms with Crippen LogP contribution in [0.25, 0.3) is 0 Å². The van der Waals surface area contributed by atoms with Gasteiger partial charge in [-0.2, -0.15) is 5.10 Å². The van der Waals surface area contributed by atoms with Gasteiger partial charge in [-0.3, -0.25) is 9.78 Å². The third-order valence-corrected chi connectivity index (χ3v) is 3.09. The van der Waals surface area contributed by atoms with E-state index in [1.165, 1.54) is 0 Å². The summed E-state index contributed by atoms with van der Waals surface area (Å²) in [5.41, 5.74) is 5.50. The molecule has 0 unspecified atom stereocenters. The second-order valence-corrected chi connectivity index (χ2v) is 4.76. The molecule has 0 aliphatic carbocycles. The van der Waals surface area contributed by atoms with Gasteiger partial charge in [0.1, 0.15) is 5.75 Å². The summed E-state index contributed by atoms with van der Waals surface area (Å²) in [7, 11) is 0. The zero-order chi connectivity index (χ0) is 15.9. The molecule has 1 aromatic heterocycles.